The molecule has 11 rings (SSSR count). The number of rotatable bonds is 7. The molecule has 0 radical (unpaired) electrons. The van der Waals surface area contributed by atoms with Gasteiger partial charge in [0.25, 0.3) is 0 Å². The van der Waals surface area contributed by atoms with E-state index in [4.69, 9.17) is 4.42 Å². The number of fused-ring (bicyclic) bond motifs is 6. The van der Waals surface area contributed by atoms with Gasteiger partial charge < -0.3 is 9.32 Å². The van der Waals surface area contributed by atoms with Crippen LogP contribution in [0, 0.1) is 0 Å². The summed E-state index contributed by atoms with van der Waals surface area (Å²) in [6.07, 6.45) is 0. The minimum atomic E-state index is -0.691. The number of benzene rings is 9. The molecule has 0 atom stereocenters. The van der Waals surface area contributed by atoms with Gasteiger partial charge in [-0.05, 0) is 103 Å². The first kappa shape index (κ1) is 32.4. The first-order valence-corrected chi connectivity index (χ1v) is 20.9. The van der Waals surface area contributed by atoms with Gasteiger partial charge in [0.2, 0.25) is 0 Å². The van der Waals surface area contributed by atoms with Crippen molar-refractivity contribution in [2.24, 2.45) is 0 Å². The lowest BCUT2D eigenvalue weighted by molar-refractivity contribution is 0.590. The maximum absolute atomic E-state index is 9.77. The van der Waals surface area contributed by atoms with E-state index in [1.54, 1.807) is 0 Å². The minimum Gasteiger partial charge on any atom is -0.455 e. The molecule has 0 saturated heterocycles. The van der Waals surface area contributed by atoms with Crippen molar-refractivity contribution in [3.05, 3.63) is 246 Å². The summed E-state index contributed by atoms with van der Waals surface area (Å²) < 4.78 is 45.1. The molecule has 9 aromatic carbocycles. The second kappa shape index (κ2) is 14.4. The lowest BCUT2D eigenvalue weighted by Gasteiger charge is -2.35. The molecule has 1 aromatic heterocycles. The normalized spacial score (nSPS) is 13.9. The van der Waals surface area contributed by atoms with Crippen LogP contribution in [-0.4, -0.2) is 0 Å². The molecule has 0 spiro atoms. The minimum absolute atomic E-state index is 0.0817. The number of nitrogens with zero attached hydrogens (tertiary/aromatic N) is 1. The Labute approximate surface area is 363 Å². The molecule has 1 aliphatic rings. The van der Waals surface area contributed by atoms with Crippen molar-refractivity contribution in [3.8, 4) is 33.4 Å². The van der Waals surface area contributed by atoms with E-state index in [1.165, 1.54) is 5.56 Å². The van der Waals surface area contributed by atoms with Gasteiger partial charge in [0.05, 0.1) is 10.9 Å². The highest BCUT2D eigenvalue weighted by atomic mass is 16.3. The van der Waals surface area contributed by atoms with Gasteiger partial charge in [0, 0.05) is 33.4 Å². The highest BCUT2D eigenvalue weighted by Gasteiger charge is 2.46. The van der Waals surface area contributed by atoms with Crippen molar-refractivity contribution in [2.45, 2.75) is 31.6 Å². The summed E-state index contributed by atoms with van der Waals surface area (Å²) in [5.41, 5.74) is 13.1. The number of para-hydroxylation sites is 2. The smallest absolute Gasteiger partial charge is 0.143 e. The zero-order valence-corrected chi connectivity index (χ0v) is 34.3. The summed E-state index contributed by atoms with van der Waals surface area (Å²) in [6, 6.07) is 66.0. The highest BCUT2D eigenvalue weighted by molar-refractivity contribution is 6.09. The average molecular weight is 788 g/mol. The third kappa shape index (κ3) is 6.01. The van der Waals surface area contributed by atoms with Gasteiger partial charge in [-0.3, -0.25) is 0 Å². The standard InChI is InChI=1S/C59H45NO/c1-58(2,3)43-31-25-40(26-32-43)41-27-33-46(34-28-41)60(47-35-29-42(30-36-47)49-21-14-22-53-52-20-11-13-24-56(52)61-57(49)53)48-37-38-51-50-19-10-12-23-54(50)59(55(51)39-48,44-15-6-4-7-16-44)45-17-8-5-9-18-45/h4-39H,1-3H3/i27D,28D,33D,34D. The third-order valence-corrected chi connectivity index (χ3v) is 12.4. The largest absolute Gasteiger partial charge is 0.455 e. The Bertz CT molecular complexity index is 3370. The Morgan fingerprint density at radius 3 is 1.72 bits per heavy atom. The van der Waals surface area contributed by atoms with E-state index in [9.17, 15) is 5.48 Å². The molecule has 0 N–H and O–H groups in total. The number of hydrogen-bond donors (Lipinski definition) is 0. The van der Waals surface area contributed by atoms with E-state index < -0.39 is 5.41 Å². The van der Waals surface area contributed by atoms with Crippen LogP contribution in [-0.2, 0) is 10.8 Å². The van der Waals surface area contributed by atoms with Crippen LogP contribution in [0.4, 0.5) is 17.1 Å². The van der Waals surface area contributed by atoms with Crippen LogP contribution in [0.15, 0.2) is 223 Å². The Kier molecular flexibility index (Phi) is 7.65. The summed E-state index contributed by atoms with van der Waals surface area (Å²) in [4.78, 5) is 1.91. The molecular weight excluding hydrogens is 739 g/mol. The monoisotopic (exact) mass is 787 g/mol. The second-order valence-corrected chi connectivity index (χ2v) is 17.0. The zero-order chi connectivity index (χ0) is 44.6. The first-order valence-electron chi connectivity index (χ1n) is 22.9. The van der Waals surface area contributed by atoms with E-state index in [0.717, 1.165) is 66.4 Å². The first-order chi connectivity index (χ1) is 31.6. The van der Waals surface area contributed by atoms with Crippen molar-refractivity contribution in [1.29, 1.82) is 0 Å². The molecule has 292 valence electrons. The predicted octanol–water partition coefficient (Wildman–Crippen LogP) is 16.1. The van der Waals surface area contributed by atoms with Gasteiger partial charge in [-0.2, -0.15) is 0 Å². The van der Waals surface area contributed by atoms with Crippen LogP contribution in [0.1, 0.15) is 54.1 Å². The van der Waals surface area contributed by atoms with Gasteiger partial charge in [0.1, 0.15) is 11.2 Å². The fourth-order valence-corrected chi connectivity index (χ4v) is 9.44. The van der Waals surface area contributed by atoms with Gasteiger partial charge in [-0.25, -0.2) is 0 Å². The molecule has 0 saturated carbocycles. The summed E-state index contributed by atoms with van der Waals surface area (Å²) in [5, 5.41) is 2.10. The second-order valence-electron chi connectivity index (χ2n) is 17.0. The average Bonchev–Trinajstić information content (AvgIpc) is 3.87. The molecule has 0 amide bonds. The Hall–Kier alpha value is -7.42. The van der Waals surface area contributed by atoms with Crippen molar-refractivity contribution in [1.82, 2.24) is 0 Å². The summed E-state index contributed by atoms with van der Waals surface area (Å²) >= 11 is 0. The topological polar surface area (TPSA) is 16.4 Å². The molecule has 61 heavy (non-hydrogen) atoms. The van der Waals surface area contributed by atoms with Crippen LogP contribution in [0.2, 0.25) is 0 Å². The van der Waals surface area contributed by atoms with Gasteiger partial charge in [0.15, 0.2) is 0 Å². The lowest BCUT2D eigenvalue weighted by Crippen LogP contribution is -2.28. The molecule has 0 bridgehead atoms. The van der Waals surface area contributed by atoms with Gasteiger partial charge >= 0.3 is 0 Å². The fraction of sp³-hybridized carbons (Fsp3) is 0.0847. The molecule has 1 heterocycles. The molecule has 1 aliphatic carbocycles. The number of anilines is 3. The SMILES string of the molecule is [2H]c1c([2H])c(N(c2ccc(-c3cccc4c3oc3ccccc34)cc2)c2ccc3c(c2)C(c2ccccc2)(c2ccccc2)c2ccccc2-3)c([2H])c([2H])c1-c1ccc(C(C)(C)C)cc1. The predicted molar refractivity (Wildman–Crippen MR) is 255 cm³/mol. The molecule has 0 fully saturated rings. The van der Waals surface area contributed by atoms with E-state index in [2.05, 4.69) is 136 Å². The Balaban J connectivity index is 1.14. The van der Waals surface area contributed by atoms with Crippen LogP contribution in [0.5, 0.6) is 0 Å². The zero-order valence-electron chi connectivity index (χ0n) is 38.3. The molecule has 10 aromatic rings. The molecule has 2 nitrogen and oxygen atoms in total. The van der Waals surface area contributed by atoms with Crippen LogP contribution in [0.3, 0.4) is 0 Å². The lowest BCUT2D eigenvalue weighted by atomic mass is 9.67. The maximum Gasteiger partial charge on any atom is 0.143 e. The quantitative estimate of drug-likeness (QED) is 0.160. The van der Waals surface area contributed by atoms with Crippen LogP contribution < -0.4 is 4.90 Å². The van der Waals surface area contributed by atoms with Crippen molar-refractivity contribution in [2.75, 3.05) is 4.90 Å². The summed E-state index contributed by atoms with van der Waals surface area (Å²) in [7, 11) is 0. The molecular formula is C59H45NO. The van der Waals surface area contributed by atoms with E-state index >= 15 is 0 Å². The maximum atomic E-state index is 9.77. The number of furan rings is 1. The molecule has 0 unspecified atom stereocenters. The van der Waals surface area contributed by atoms with Gasteiger partial charge in [-0.15, -0.1) is 0 Å². The number of hydrogen-bond acceptors (Lipinski definition) is 2. The summed E-state index contributed by atoms with van der Waals surface area (Å²) in [6.45, 7) is 6.44. The highest BCUT2D eigenvalue weighted by Crippen LogP contribution is 2.57. The van der Waals surface area contributed by atoms with Crippen molar-refractivity contribution >= 4 is 39.0 Å². The van der Waals surface area contributed by atoms with E-state index in [-0.39, 0.29) is 40.8 Å². The van der Waals surface area contributed by atoms with E-state index in [0.29, 0.717) is 16.9 Å². The van der Waals surface area contributed by atoms with Crippen LogP contribution >= 0.6 is 0 Å². The molecule has 0 aliphatic heterocycles. The van der Waals surface area contributed by atoms with Crippen molar-refractivity contribution in [3.63, 3.8) is 0 Å². The third-order valence-electron chi connectivity index (χ3n) is 12.4. The molecule has 2 heteroatoms. The Morgan fingerprint density at radius 1 is 0.443 bits per heavy atom. The van der Waals surface area contributed by atoms with E-state index in [1.807, 2.05) is 83.8 Å². The van der Waals surface area contributed by atoms with Crippen LogP contribution in [0.25, 0.3) is 55.3 Å². The van der Waals surface area contributed by atoms with Crippen molar-refractivity contribution < 1.29 is 9.90 Å². The van der Waals surface area contributed by atoms with Gasteiger partial charge in [-0.1, -0.05) is 197 Å². The Morgan fingerprint density at radius 2 is 1.02 bits per heavy atom. The summed E-state index contributed by atoms with van der Waals surface area (Å²) in [5.74, 6) is 0. The fourth-order valence-electron chi connectivity index (χ4n) is 9.44.